The second-order valence-corrected chi connectivity index (χ2v) is 7.12. The number of rotatable bonds is 6. The van der Waals surface area contributed by atoms with Gasteiger partial charge in [0.05, 0.1) is 5.39 Å². The average molecular weight is 394 g/mol. The standard InChI is InChI=1S/C19H27N5O2.ClH/c1-14(2)13-24-19(26)16-6-4-3-5-15(16)17(22-24)18(25)21-9-12-23-10-7-20-8-11-23;/h3-6,14,20H,7-13H2,1-2H3,(H,21,25);1H. The van der Waals surface area contributed by atoms with Gasteiger partial charge >= 0.3 is 0 Å². The Morgan fingerprint density at radius 2 is 1.89 bits per heavy atom. The van der Waals surface area contributed by atoms with Gasteiger partial charge in [0, 0.05) is 51.2 Å². The van der Waals surface area contributed by atoms with Crippen molar-refractivity contribution in [3.8, 4) is 0 Å². The summed E-state index contributed by atoms with van der Waals surface area (Å²) in [5.74, 6) is 0.0406. The van der Waals surface area contributed by atoms with E-state index >= 15 is 0 Å². The Labute approximate surface area is 165 Å². The zero-order chi connectivity index (χ0) is 18.5. The number of carbonyl (C=O) groups is 1. The van der Waals surface area contributed by atoms with Crippen molar-refractivity contribution >= 4 is 29.1 Å². The number of halogens is 1. The van der Waals surface area contributed by atoms with Crippen LogP contribution in [0.2, 0.25) is 0 Å². The van der Waals surface area contributed by atoms with Crippen LogP contribution < -0.4 is 16.2 Å². The van der Waals surface area contributed by atoms with Crippen molar-refractivity contribution in [1.82, 2.24) is 25.3 Å². The van der Waals surface area contributed by atoms with Crippen molar-refractivity contribution in [2.75, 3.05) is 39.3 Å². The molecule has 1 aliphatic rings. The molecule has 1 aromatic heterocycles. The van der Waals surface area contributed by atoms with Gasteiger partial charge in [0.1, 0.15) is 0 Å². The quantitative estimate of drug-likeness (QED) is 0.768. The summed E-state index contributed by atoms with van der Waals surface area (Å²) >= 11 is 0. The second kappa shape index (κ2) is 9.82. The number of nitrogens with one attached hydrogen (secondary N) is 2. The maximum atomic E-state index is 12.7. The molecule has 7 nitrogen and oxygen atoms in total. The molecule has 8 heteroatoms. The summed E-state index contributed by atoms with van der Waals surface area (Å²) in [6.45, 7) is 9.89. The van der Waals surface area contributed by atoms with E-state index in [1.807, 2.05) is 26.0 Å². The number of amides is 1. The van der Waals surface area contributed by atoms with Gasteiger partial charge in [-0.15, -0.1) is 12.4 Å². The van der Waals surface area contributed by atoms with Crippen LogP contribution in [-0.2, 0) is 6.54 Å². The molecule has 1 amide bonds. The highest BCUT2D eigenvalue weighted by molar-refractivity contribution is 6.04. The molecule has 0 saturated carbocycles. The topological polar surface area (TPSA) is 79.3 Å². The van der Waals surface area contributed by atoms with Gasteiger partial charge in [-0.1, -0.05) is 32.0 Å². The highest BCUT2D eigenvalue weighted by Gasteiger charge is 2.17. The first kappa shape index (κ1) is 21.3. The molecule has 0 spiro atoms. The van der Waals surface area contributed by atoms with Gasteiger partial charge in [0.2, 0.25) is 0 Å². The minimum atomic E-state index is -0.228. The molecule has 3 rings (SSSR count). The molecular weight excluding hydrogens is 366 g/mol. The third-order valence-electron chi connectivity index (χ3n) is 4.54. The fourth-order valence-corrected chi connectivity index (χ4v) is 3.22. The Morgan fingerprint density at radius 3 is 2.56 bits per heavy atom. The van der Waals surface area contributed by atoms with Gasteiger partial charge in [0.25, 0.3) is 11.5 Å². The molecule has 1 saturated heterocycles. The molecule has 2 N–H and O–H groups in total. The van der Waals surface area contributed by atoms with Crippen LogP contribution in [-0.4, -0.2) is 59.9 Å². The molecule has 0 aliphatic carbocycles. The van der Waals surface area contributed by atoms with Crippen molar-refractivity contribution in [2.24, 2.45) is 5.92 Å². The van der Waals surface area contributed by atoms with Crippen LogP contribution in [0, 0.1) is 5.92 Å². The Bertz CT molecular complexity index is 830. The lowest BCUT2D eigenvalue weighted by molar-refractivity contribution is 0.0941. The normalized spacial score (nSPS) is 14.9. The highest BCUT2D eigenvalue weighted by Crippen LogP contribution is 2.13. The minimum absolute atomic E-state index is 0. The zero-order valence-electron chi connectivity index (χ0n) is 15.9. The first-order valence-corrected chi connectivity index (χ1v) is 9.27. The predicted molar refractivity (Wildman–Crippen MR) is 110 cm³/mol. The van der Waals surface area contributed by atoms with Crippen LogP contribution in [0.4, 0.5) is 0 Å². The van der Waals surface area contributed by atoms with Gasteiger partial charge in [0.15, 0.2) is 5.69 Å². The van der Waals surface area contributed by atoms with Crippen molar-refractivity contribution in [1.29, 1.82) is 0 Å². The van der Waals surface area contributed by atoms with Crippen molar-refractivity contribution in [2.45, 2.75) is 20.4 Å². The lowest BCUT2D eigenvalue weighted by atomic mass is 10.1. The van der Waals surface area contributed by atoms with Crippen molar-refractivity contribution in [3.05, 3.63) is 40.3 Å². The zero-order valence-corrected chi connectivity index (χ0v) is 16.7. The monoisotopic (exact) mass is 393 g/mol. The van der Waals surface area contributed by atoms with Gasteiger partial charge in [-0.05, 0) is 12.0 Å². The van der Waals surface area contributed by atoms with E-state index in [1.54, 1.807) is 12.1 Å². The third kappa shape index (κ3) is 5.28. The van der Waals surface area contributed by atoms with Crippen LogP contribution in [0.25, 0.3) is 10.8 Å². The molecule has 148 valence electrons. The van der Waals surface area contributed by atoms with E-state index in [1.165, 1.54) is 4.68 Å². The third-order valence-corrected chi connectivity index (χ3v) is 4.54. The fraction of sp³-hybridized carbons (Fsp3) is 0.526. The van der Waals surface area contributed by atoms with Gasteiger partial charge in [-0.25, -0.2) is 4.68 Å². The van der Waals surface area contributed by atoms with E-state index in [-0.39, 0.29) is 29.8 Å². The first-order valence-electron chi connectivity index (χ1n) is 9.27. The summed E-state index contributed by atoms with van der Waals surface area (Å²) in [7, 11) is 0. The van der Waals surface area contributed by atoms with Crippen LogP contribution in [0.15, 0.2) is 29.1 Å². The summed E-state index contributed by atoms with van der Waals surface area (Å²) in [4.78, 5) is 27.7. The van der Waals surface area contributed by atoms with E-state index in [0.717, 1.165) is 32.7 Å². The SMILES string of the molecule is CC(C)Cn1nc(C(=O)NCCN2CCNCC2)c2ccccc2c1=O.Cl. The Morgan fingerprint density at radius 1 is 1.22 bits per heavy atom. The number of hydrogen-bond donors (Lipinski definition) is 2. The minimum Gasteiger partial charge on any atom is -0.349 e. The van der Waals surface area contributed by atoms with Crippen LogP contribution in [0.3, 0.4) is 0 Å². The Kier molecular flexibility index (Phi) is 7.77. The molecule has 0 radical (unpaired) electrons. The number of fused-ring (bicyclic) bond motifs is 1. The largest absolute Gasteiger partial charge is 0.349 e. The molecule has 2 aromatic rings. The van der Waals surface area contributed by atoms with Crippen LogP contribution in [0.5, 0.6) is 0 Å². The summed E-state index contributed by atoms with van der Waals surface area (Å²) in [6.07, 6.45) is 0. The molecule has 0 atom stereocenters. The molecule has 1 aliphatic heterocycles. The van der Waals surface area contributed by atoms with Crippen LogP contribution >= 0.6 is 12.4 Å². The average Bonchev–Trinajstić information content (AvgIpc) is 2.64. The summed E-state index contributed by atoms with van der Waals surface area (Å²) in [6, 6.07) is 7.19. The maximum Gasteiger partial charge on any atom is 0.274 e. The Hall–Kier alpha value is -1.96. The van der Waals surface area contributed by atoms with Gasteiger partial charge in [-0.2, -0.15) is 5.10 Å². The van der Waals surface area contributed by atoms with Gasteiger partial charge < -0.3 is 10.6 Å². The number of nitrogens with zero attached hydrogens (tertiary/aromatic N) is 3. The number of aromatic nitrogens is 2. The lowest BCUT2D eigenvalue weighted by Crippen LogP contribution is -2.46. The number of hydrogen-bond acceptors (Lipinski definition) is 5. The summed E-state index contributed by atoms with van der Waals surface area (Å²) in [5, 5.41) is 11.8. The smallest absolute Gasteiger partial charge is 0.274 e. The summed E-state index contributed by atoms with van der Waals surface area (Å²) in [5.41, 5.74) is 0.174. The molecule has 27 heavy (non-hydrogen) atoms. The first-order chi connectivity index (χ1) is 12.6. The van der Waals surface area contributed by atoms with E-state index < -0.39 is 0 Å². The van der Waals surface area contributed by atoms with Crippen molar-refractivity contribution < 1.29 is 4.79 Å². The molecule has 1 fully saturated rings. The number of piperazine rings is 1. The second-order valence-electron chi connectivity index (χ2n) is 7.12. The van der Waals surface area contributed by atoms with Gasteiger partial charge in [-0.3, -0.25) is 14.5 Å². The maximum absolute atomic E-state index is 12.7. The molecule has 2 heterocycles. The molecule has 0 unspecified atom stereocenters. The predicted octanol–water partition coefficient (Wildman–Crippen LogP) is 1.11. The highest BCUT2D eigenvalue weighted by atomic mass is 35.5. The Balaban J connectivity index is 0.00000261. The van der Waals surface area contributed by atoms with E-state index in [2.05, 4.69) is 20.6 Å². The van der Waals surface area contributed by atoms with Crippen LogP contribution in [0.1, 0.15) is 24.3 Å². The molecule has 0 bridgehead atoms. The lowest BCUT2D eigenvalue weighted by Gasteiger charge is -2.27. The summed E-state index contributed by atoms with van der Waals surface area (Å²) < 4.78 is 1.41. The van der Waals surface area contributed by atoms with Crippen molar-refractivity contribution in [3.63, 3.8) is 0 Å². The van der Waals surface area contributed by atoms with E-state index in [9.17, 15) is 9.59 Å². The molecule has 1 aromatic carbocycles. The number of benzene rings is 1. The fourth-order valence-electron chi connectivity index (χ4n) is 3.22. The van der Waals surface area contributed by atoms with E-state index in [0.29, 0.717) is 29.6 Å². The van der Waals surface area contributed by atoms with E-state index in [4.69, 9.17) is 0 Å². The number of carbonyl (C=O) groups excluding carboxylic acids is 1. The molecular formula is C19H28ClN5O2.